The molecule has 0 aromatic rings. The molecule has 0 radical (unpaired) electrons. The van der Waals surface area contributed by atoms with E-state index in [1.807, 2.05) is 32.6 Å². The van der Waals surface area contributed by atoms with Gasteiger partial charge in [-0.15, -0.1) is 0 Å². The van der Waals surface area contributed by atoms with E-state index in [9.17, 15) is 9.59 Å². The number of hydrogen-bond acceptors (Lipinski definition) is 3. The summed E-state index contributed by atoms with van der Waals surface area (Å²) < 4.78 is 0. The second kappa shape index (κ2) is 5.69. The second-order valence-corrected chi connectivity index (χ2v) is 6.03. The number of hydrogen-bond donors (Lipinski definition) is 2. The van der Waals surface area contributed by atoms with E-state index in [0.717, 1.165) is 13.1 Å². The van der Waals surface area contributed by atoms with Crippen LogP contribution in [0.1, 0.15) is 34.6 Å². The standard InChI is InChI=1S/C13H25N3O2/c1-9-8-14-6-7-16(9)11(17)10(2)15-12(18)13(3,4)5/h9-10,14H,6-8H2,1-5H3,(H,15,18)/t9-,10?/m0/s1. The van der Waals surface area contributed by atoms with Gasteiger partial charge in [0.05, 0.1) is 0 Å². The zero-order chi connectivity index (χ0) is 13.9. The fourth-order valence-corrected chi connectivity index (χ4v) is 1.89. The van der Waals surface area contributed by atoms with E-state index in [-0.39, 0.29) is 17.9 Å². The zero-order valence-electron chi connectivity index (χ0n) is 12.0. The molecule has 1 unspecified atom stereocenters. The maximum atomic E-state index is 12.3. The summed E-state index contributed by atoms with van der Waals surface area (Å²) in [5.74, 6) is -0.0901. The Kier molecular flexibility index (Phi) is 4.73. The molecule has 18 heavy (non-hydrogen) atoms. The molecule has 2 N–H and O–H groups in total. The van der Waals surface area contributed by atoms with Crippen LogP contribution in [-0.4, -0.2) is 48.4 Å². The summed E-state index contributed by atoms with van der Waals surface area (Å²) in [6.07, 6.45) is 0. The van der Waals surface area contributed by atoms with Crippen molar-refractivity contribution in [1.82, 2.24) is 15.5 Å². The smallest absolute Gasteiger partial charge is 0.245 e. The van der Waals surface area contributed by atoms with Gasteiger partial charge in [-0.2, -0.15) is 0 Å². The van der Waals surface area contributed by atoms with Gasteiger partial charge in [0.1, 0.15) is 6.04 Å². The van der Waals surface area contributed by atoms with Crippen LogP contribution in [0.25, 0.3) is 0 Å². The van der Waals surface area contributed by atoms with Crippen molar-refractivity contribution in [3.63, 3.8) is 0 Å². The first-order valence-corrected chi connectivity index (χ1v) is 6.55. The normalized spacial score (nSPS) is 22.5. The summed E-state index contributed by atoms with van der Waals surface area (Å²) in [6, 6.07) is -0.280. The molecule has 5 heteroatoms. The minimum Gasteiger partial charge on any atom is -0.344 e. The highest BCUT2D eigenvalue weighted by Crippen LogP contribution is 2.13. The molecule has 0 bridgehead atoms. The Morgan fingerprint density at radius 1 is 1.39 bits per heavy atom. The molecule has 0 spiro atoms. The number of nitrogens with zero attached hydrogens (tertiary/aromatic N) is 1. The van der Waals surface area contributed by atoms with E-state index in [1.165, 1.54) is 0 Å². The molecule has 0 saturated carbocycles. The lowest BCUT2D eigenvalue weighted by atomic mass is 9.95. The monoisotopic (exact) mass is 255 g/mol. The second-order valence-electron chi connectivity index (χ2n) is 6.03. The van der Waals surface area contributed by atoms with E-state index in [1.54, 1.807) is 6.92 Å². The Morgan fingerprint density at radius 3 is 2.50 bits per heavy atom. The van der Waals surface area contributed by atoms with Crippen molar-refractivity contribution in [3.8, 4) is 0 Å². The minimum absolute atomic E-state index is 0.00148. The SMILES string of the molecule is CC(NC(=O)C(C)(C)C)C(=O)N1CCNC[C@@H]1C. The molecule has 5 nitrogen and oxygen atoms in total. The summed E-state index contributed by atoms with van der Waals surface area (Å²) in [5.41, 5.74) is -0.469. The van der Waals surface area contributed by atoms with Gasteiger partial charge < -0.3 is 15.5 Å². The molecular formula is C13H25N3O2. The van der Waals surface area contributed by atoms with Crippen molar-refractivity contribution < 1.29 is 9.59 Å². The molecule has 104 valence electrons. The molecule has 0 aliphatic carbocycles. The van der Waals surface area contributed by atoms with Crippen LogP contribution < -0.4 is 10.6 Å². The van der Waals surface area contributed by atoms with Crippen LogP contribution >= 0.6 is 0 Å². The average Bonchev–Trinajstić information content (AvgIpc) is 2.27. The molecule has 1 aliphatic heterocycles. The summed E-state index contributed by atoms with van der Waals surface area (Å²) in [4.78, 5) is 25.9. The van der Waals surface area contributed by atoms with Gasteiger partial charge in [-0.05, 0) is 13.8 Å². The molecular weight excluding hydrogens is 230 g/mol. The number of nitrogens with one attached hydrogen (secondary N) is 2. The molecule has 2 atom stereocenters. The van der Waals surface area contributed by atoms with Gasteiger partial charge in [-0.25, -0.2) is 0 Å². The van der Waals surface area contributed by atoms with Gasteiger partial charge in [-0.1, -0.05) is 20.8 Å². The average molecular weight is 255 g/mol. The van der Waals surface area contributed by atoms with Gasteiger partial charge in [0.2, 0.25) is 11.8 Å². The Bertz CT molecular complexity index is 323. The third-order valence-electron chi connectivity index (χ3n) is 3.18. The Balaban J connectivity index is 2.58. The number of rotatable bonds is 2. The van der Waals surface area contributed by atoms with Crippen molar-refractivity contribution >= 4 is 11.8 Å². The van der Waals surface area contributed by atoms with Gasteiger partial charge in [0.25, 0.3) is 0 Å². The van der Waals surface area contributed by atoms with E-state index in [2.05, 4.69) is 10.6 Å². The first kappa shape index (κ1) is 15.0. The Labute approximate surface area is 109 Å². The van der Waals surface area contributed by atoms with Crippen LogP contribution in [0.3, 0.4) is 0 Å². The summed E-state index contributed by atoms with van der Waals surface area (Å²) in [7, 11) is 0. The highest BCUT2D eigenvalue weighted by Gasteiger charge is 2.30. The van der Waals surface area contributed by atoms with Crippen molar-refractivity contribution in [3.05, 3.63) is 0 Å². The van der Waals surface area contributed by atoms with Gasteiger partial charge in [0, 0.05) is 31.1 Å². The van der Waals surface area contributed by atoms with E-state index in [4.69, 9.17) is 0 Å². The minimum atomic E-state index is -0.469. The largest absolute Gasteiger partial charge is 0.344 e. The van der Waals surface area contributed by atoms with Crippen LogP contribution in [-0.2, 0) is 9.59 Å². The fraction of sp³-hybridized carbons (Fsp3) is 0.846. The first-order chi connectivity index (χ1) is 8.23. The predicted molar refractivity (Wildman–Crippen MR) is 71.1 cm³/mol. The molecule has 1 saturated heterocycles. The summed E-state index contributed by atoms with van der Waals surface area (Å²) in [5, 5.41) is 6.03. The highest BCUT2D eigenvalue weighted by atomic mass is 16.2. The predicted octanol–water partition coefficient (Wildman–Crippen LogP) is 0.358. The fourth-order valence-electron chi connectivity index (χ4n) is 1.89. The molecule has 0 aromatic heterocycles. The van der Waals surface area contributed by atoms with Gasteiger partial charge in [-0.3, -0.25) is 9.59 Å². The Hall–Kier alpha value is -1.10. The van der Waals surface area contributed by atoms with Crippen LogP contribution in [0.15, 0.2) is 0 Å². The van der Waals surface area contributed by atoms with Crippen LogP contribution in [0.5, 0.6) is 0 Å². The molecule has 1 heterocycles. The molecule has 0 aromatic carbocycles. The lowest BCUT2D eigenvalue weighted by Gasteiger charge is -2.36. The number of carbonyl (C=O) groups is 2. The molecule has 1 fully saturated rings. The van der Waals surface area contributed by atoms with Crippen LogP contribution in [0, 0.1) is 5.41 Å². The third-order valence-corrected chi connectivity index (χ3v) is 3.18. The first-order valence-electron chi connectivity index (χ1n) is 6.55. The van der Waals surface area contributed by atoms with E-state index in [0.29, 0.717) is 6.54 Å². The van der Waals surface area contributed by atoms with Crippen molar-refractivity contribution in [1.29, 1.82) is 0 Å². The lowest BCUT2D eigenvalue weighted by Crippen LogP contribution is -2.57. The Morgan fingerprint density at radius 2 is 2.00 bits per heavy atom. The van der Waals surface area contributed by atoms with Crippen LogP contribution in [0.2, 0.25) is 0 Å². The summed E-state index contributed by atoms with van der Waals surface area (Å²) >= 11 is 0. The lowest BCUT2D eigenvalue weighted by molar-refractivity contribution is -0.140. The molecule has 2 amide bonds. The van der Waals surface area contributed by atoms with Crippen molar-refractivity contribution in [2.24, 2.45) is 5.41 Å². The molecule has 1 aliphatic rings. The zero-order valence-corrected chi connectivity index (χ0v) is 12.0. The van der Waals surface area contributed by atoms with Crippen molar-refractivity contribution in [2.45, 2.75) is 46.7 Å². The van der Waals surface area contributed by atoms with Crippen molar-refractivity contribution in [2.75, 3.05) is 19.6 Å². The van der Waals surface area contributed by atoms with E-state index >= 15 is 0 Å². The number of piperazine rings is 1. The molecule has 1 rings (SSSR count). The van der Waals surface area contributed by atoms with Gasteiger partial charge >= 0.3 is 0 Å². The highest BCUT2D eigenvalue weighted by molar-refractivity contribution is 5.89. The maximum Gasteiger partial charge on any atom is 0.245 e. The van der Waals surface area contributed by atoms with Gasteiger partial charge in [0.15, 0.2) is 0 Å². The number of carbonyl (C=O) groups excluding carboxylic acids is 2. The topological polar surface area (TPSA) is 61.4 Å². The maximum absolute atomic E-state index is 12.3. The van der Waals surface area contributed by atoms with Crippen LogP contribution in [0.4, 0.5) is 0 Å². The number of amides is 2. The summed E-state index contributed by atoms with van der Waals surface area (Å²) in [6.45, 7) is 11.6. The third kappa shape index (κ3) is 3.70. The quantitative estimate of drug-likeness (QED) is 0.749. The van der Waals surface area contributed by atoms with E-state index < -0.39 is 11.5 Å².